The Morgan fingerprint density at radius 3 is 1.76 bits per heavy atom. The van der Waals surface area contributed by atoms with Crippen LogP contribution in [0.25, 0.3) is 21.9 Å². The Labute approximate surface area is 226 Å². The van der Waals surface area contributed by atoms with E-state index in [9.17, 15) is 4.79 Å². The highest BCUT2D eigenvalue weighted by molar-refractivity contribution is 7.99. The van der Waals surface area contributed by atoms with E-state index in [1.54, 1.807) is 11.8 Å². The molecule has 3 heteroatoms. The lowest BCUT2D eigenvalue weighted by Gasteiger charge is -2.32. The Bertz CT molecular complexity index is 1750. The van der Waals surface area contributed by atoms with Crippen molar-refractivity contribution in [2.45, 2.75) is 9.79 Å². The molecule has 1 heterocycles. The van der Waals surface area contributed by atoms with Gasteiger partial charge in [0.1, 0.15) is 0 Å². The summed E-state index contributed by atoms with van der Waals surface area (Å²) >= 11 is 1.79. The summed E-state index contributed by atoms with van der Waals surface area (Å²) in [7, 11) is 0. The summed E-state index contributed by atoms with van der Waals surface area (Å²) in [6, 6.07) is 47.5. The Kier molecular flexibility index (Phi) is 5.57. The van der Waals surface area contributed by atoms with Crippen molar-refractivity contribution in [1.29, 1.82) is 0 Å². The maximum absolute atomic E-state index is 13.4. The first kappa shape index (κ1) is 22.6. The summed E-state index contributed by atoms with van der Waals surface area (Å²) in [5.74, 6) is 0.0241. The van der Waals surface area contributed by atoms with Crippen molar-refractivity contribution in [1.82, 2.24) is 0 Å². The van der Waals surface area contributed by atoms with Gasteiger partial charge in [-0.15, -0.1) is 0 Å². The van der Waals surface area contributed by atoms with Gasteiger partial charge in [0, 0.05) is 26.6 Å². The first-order valence-electron chi connectivity index (χ1n) is 12.7. The second-order valence-electron chi connectivity index (χ2n) is 9.35. The predicted octanol–water partition coefficient (Wildman–Crippen LogP) is 9.67. The van der Waals surface area contributed by atoms with Crippen molar-refractivity contribution in [3.05, 3.63) is 151 Å². The Balaban J connectivity index is 1.19. The molecule has 0 bridgehead atoms. The van der Waals surface area contributed by atoms with Crippen LogP contribution in [0, 0.1) is 0 Å². The van der Waals surface area contributed by atoms with Crippen molar-refractivity contribution in [3.8, 4) is 11.1 Å². The molecule has 6 aromatic rings. The van der Waals surface area contributed by atoms with Crippen LogP contribution in [0.15, 0.2) is 149 Å². The Morgan fingerprint density at radius 2 is 1.08 bits per heavy atom. The normalized spacial score (nSPS) is 12.2. The first-order chi connectivity index (χ1) is 18.8. The summed E-state index contributed by atoms with van der Waals surface area (Å²) in [4.78, 5) is 18.1. The number of hydrogen-bond acceptors (Lipinski definition) is 3. The van der Waals surface area contributed by atoms with E-state index in [1.807, 2.05) is 48.5 Å². The molecule has 0 saturated carbocycles. The second kappa shape index (κ2) is 9.37. The van der Waals surface area contributed by atoms with E-state index in [-0.39, 0.29) is 5.78 Å². The molecule has 38 heavy (non-hydrogen) atoms. The summed E-state index contributed by atoms with van der Waals surface area (Å²) in [5.41, 5.74) is 6.98. The fourth-order valence-corrected chi connectivity index (χ4v) is 6.25. The maximum Gasteiger partial charge on any atom is 0.193 e. The van der Waals surface area contributed by atoms with Crippen LogP contribution >= 0.6 is 11.8 Å². The van der Waals surface area contributed by atoms with Crippen LogP contribution in [0.1, 0.15) is 15.9 Å². The molecular formula is C35H23NOS. The monoisotopic (exact) mass is 505 g/mol. The fraction of sp³-hybridized carbons (Fsp3) is 0. The van der Waals surface area contributed by atoms with Gasteiger partial charge in [-0.1, -0.05) is 103 Å². The summed E-state index contributed by atoms with van der Waals surface area (Å²) in [5, 5.41) is 2.42. The van der Waals surface area contributed by atoms with Crippen molar-refractivity contribution >= 4 is 45.4 Å². The molecule has 0 fully saturated rings. The van der Waals surface area contributed by atoms with E-state index in [0.717, 1.165) is 22.6 Å². The number of nitrogens with zero attached hydrogens (tertiary/aromatic N) is 1. The standard InChI is InChI=1S/C35H23NOS/c37-35(26-18-16-25(17-19-26)30-11-7-9-24-8-1-2-10-29(24)30)27-20-22-28(23-21-27)36-31-12-3-5-14-33(31)38-34-15-6-4-13-32(34)36/h1-23H. The zero-order valence-electron chi connectivity index (χ0n) is 20.5. The Hall–Kier alpha value is -4.60. The number of anilines is 3. The van der Waals surface area contributed by atoms with Gasteiger partial charge in [-0.05, 0) is 70.4 Å². The molecule has 0 aliphatic carbocycles. The maximum atomic E-state index is 13.4. The summed E-state index contributed by atoms with van der Waals surface area (Å²) in [6.45, 7) is 0. The van der Waals surface area contributed by atoms with E-state index in [0.29, 0.717) is 11.1 Å². The van der Waals surface area contributed by atoms with Crippen LogP contribution in [-0.2, 0) is 0 Å². The topological polar surface area (TPSA) is 20.3 Å². The minimum absolute atomic E-state index is 0.0241. The zero-order valence-corrected chi connectivity index (χ0v) is 21.4. The van der Waals surface area contributed by atoms with Crippen LogP contribution in [0.3, 0.4) is 0 Å². The van der Waals surface area contributed by atoms with Crippen LogP contribution < -0.4 is 4.90 Å². The van der Waals surface area contributed by atoms with Crippen molar-refractivity contribution < 1.29 is 4.79 Å². The summed E-state index contributed by atoms with van der Waals surface area (Å²) in [6.07, 6.45) is 0. The molecule has 7 rings (SSSR count). The van der Waals surface area contributed by atoms with Gasteiger partial charge in [0.05, 0.1) is 11.4 Å². The highest BCUT2D eigenvalue weighted by atomic mass is 32.2. The fourth-order valence-electron chi connectivity index (χ4n) is 5.19. The van der Waals surface area contributed by atoms with Crippen LogP contribution in [-0.4, -0.2) is 5.78 Å². The van der Waals surface area contributed by atoms with Crippen LogP contribution in [0.5, 0.6) is 0 Å². The molecule has 1 aliphatic heterocycles. The predicted molar refractivity (Wildman–Crippen MR) is 158 cm³/mol. The third-order valence-corrected chi connectivity index (χ3v) is 8.20. The molecule has 180 valence electrons. The number of benzene rings is 6. The quantitative estimate of drug-likeness (QED) is 0.222. The highest BCUT2D eigenvalue weighted by Crippen LogP contribution is 2.51. The van der Waals surface area contributed by atoms with Crippen molar-refractivity contribution in [3.63, 3.8) is 0 Å². The average Bonchev–Trinajstić information content (AvgIpc) is 2.99. The summed E-state index contributed by atoms with van der Waals surface area (Å²) < 4.78 is 0. The molecule has 0 saturated heterocycles. The van der Waals surface area contributed by atoms with Gasteiger partial charge in [-0.3, -0.25) is 4.79 Å². The van der Waals surface area contributed by atoms with E-state index < -0.39 is 0 Å². The van der Waals surface area contributed by atoms with Crippen LogP contribution in [0.4, 0.5) is 17.1 Å². The van der Waals surface area contributed by atoms with Crippen molar-refractivity contribution in [2.75, 3.05) is 4.90 Å². The molecule has 0 amide bonds. The number of hydrogen-bond donors (Lipinski definition) is 0. The largest absolute Gasteiger partial charge is 0.308 e. The SMILES string of the molecule is O=C(c1ccc(-c2cccc3ccccc23)cc1)c1ccc(N2c3ccccc3Sc3ccccc32)cc1. The number of rotatable bonds is 4. The van der Waals surface area contributed by atoms with Gasteiger partial charge < -0.3 is 4.90 Å². The molecule has 0 atom stereocenters. The lowest BCUT2D eigenvalue weighted by Crippen LogP contribution is -2.14. The van der Waals surface area contributed by atoms with Gasteiger partial charge in [-0.2, -0.15) is 0 Å². The lowest BCUT2D eigenvalue weighted by atomic mass is 9.96. The zero-order chi connectivity index (χ0) is 25.5. The van der Waals surface area contributed by atoms with Gasteiger partial charge >= 0.3 is 0 Å². The van der Waals surface area contributed by atoms with Crippen molar-refractivity contribution in [2.24, 2.45) is 0 Å². The molecule has 0 unspecified atom stereocenters. The molecule has 1 aliphatic rings. The molecule has 2 nitrogen and oxygen atoms in total. The molecular weight excluding hydrogens is 482 g/mol. The van der Waals surface area contributed by atoms with Crippen LogP contribution in [0.2, 0.25) is 0 Å². The third-order valence-electron chi connectivity index (χ3n) is 7.07. The molecule has 0 radical (unpaired) electrons. The highest BCUT2D eigenvalue weighted by Gasteiger charge is 2.24. The molecule has 6 aromatic carbocycles. The third kappa shape index (κ3) is 3.89. The number of fused-ring (bicyclic) bond motifs is 3. The van der Waals surface area contributed by atoms with E-state index in [4.69, 9.17) is 0 Å². The smallest absolute Gasteiger partial charge is 0.193 e. The lowest BCUT2D eigenvalue weighted by molar-refractivity contribution is 0.103. The van der Waals surface area contributed by atoms with E-state index in [1.165, 1.54) is 26.1 Å². The number of carbonyl (C=O) groups excluding carboxylic acids is 1. The molecule has 0 aromatic heterocycles. The number of para-hydroxylation sites is 2. The van der Waals surface area contributed by atoms with Gasteiger partial charge in [0.2, 0.25) is 0 Å². The minimum Gasteiger partial charge on any atom is -0.308 e. The molecule has 0 N–H and O–H groups in total. The minimum atomic E-state index is 0.0241. The number of carbonyl (C=O) groups is 1. The van der Waals surface area contributed by atoms with E-state index >= 15 is 0 Å². The van der Waals surface area contributed by atoms with Gasteiger partial charge in [0.15, 0.2) is 5.78 Å². The van der Waals surface area contributed by atoms with Gasteiger partial charge in [-0.25, -0.2) is 0 Å². The molecule has 0 spiro atoms. The first-order valence-corrected chi connectivity index (χ1v) is 13.5. The van der Waals surface area contributed by atoms with E-state index in [2.05, 4.69) is 95.9 Å². The second-order valence-corrected chi connectivity index (χ2v) is 10.4. The van der Waals surface area contributed by atoms with Gasteiger partial charge in [0.25, 0.3) is 0 Å². The average molecular weight is 506 g/mol. The number of ketones is 1. The Morgan fingerprint density at radius 1 is 0.526 bits per heavy atom.